The molecule has 0 aromatic rings. The predicted octanol–water partition coefficient (Wildman–Crippen LogP) is -1.05. The van der Waals surface area contributed by atoms with Crippen LogP contribution in [0, 0.1) is 0 Å². The Bertz CT molecular complexity index is 374. The largest absolute Gasteiger partial charge is 0.355 e. The van der Waals surface area contributed by atoms with Crippen molar-refractivity contribution in [2.75, 3.05) is 26.2 Å². The van der Waals surface area contributed by atoms with E-state index in [1.807, 2.05) is 0 Å². The third-order valence-corrected chi connectivity index (χ3v) is 3.94. The molecule has 1 fully saturated rings. The van der Waals surface area contributed by atoms with E-state index in [-0.39, 0.29) is 19.6 Å². The molecule has 1 aliphatic heterocycles. The number of carbonyl (C=O) groups is 1. The zero-order chi connectivity index (χ0) is 13.1. The number of sulfonamides is 1. The fraction of sp³-hybridized carbons (Fsp3) is 0.875. The molecule has 1 rings (SSSR count). The van der Waals surface area contributed by atoms with E-state index >= 15 is 0 Å². The number of nitrogens with one attached hydrogen (secondary N) is 2. The molecule has 0 bridgehead atoms. The van der Waals surface area contributed by atoms with E-state index in [4.69, 9.17) is 0 Å². The van der Waals surface area contributed by atoms with E-state index < -0.39 is 27.7 Å². The van der Waals surface area contributed by atoms with Crippen LogP contribution in [0.5, 0.6) is 0 Å². The molecule has 0 aliphatic carbocycles. The summed E-state index contributed by atoms with van der Waals surface area (Å²) in [7, 11) is -4.71. The number of hydrogen-bond donors (Lipinski definition) is 2. The van der Waals surface area contributed by atoms with Crippen LogP contribution < -0.4 is 10.6 Å². The van der Waals surface area contributed by atoms with Crippen LogP contribution in [0.25, 0.3) is 0 Å². The second kappa shape index (κ2) is 5.69. The number of amides is 1. The molecule has 9 heteroatoms. The molecule has 17 heavy (non-hydrogen) atoms. The molecule has 0 aromatic heterocycles. The van der Waals surface area contributed by atoms with Crippen molar-refractivity contribution in [2.24, 2.45) is 0 Å². The van der Waals surface area contributed by atoms with Gasteiger partial charge in [-0.1, -0.05) is 0 Å². The topological polar surface area (TPSA) is 78.5 Å². The first kappa shape index (κ1) is 14.3. The maximum atomic E-state index is 12.4. The molecular formula is C8H15F2N3O3S. The zero-order valence-electron chi connectivity index (χ0n) is 9.32. The van der Waals surface area contributed by atoms with Gasteiger partial charge in [-0.3, -0.25) is 4.79 Å². The van der Waals surface area contributed by atoms with E-state index in [1.54, 1.807) is 6.92 Å². The highest BCUT2D eigenvalue weighted by atomic mass is 32.2. The Kier molecular flexibility index (Phi) is 4.78. The number of carbonyl (C=O) groups excluding carboxylic acids is 1. The second-order valence-electron chi connectivity index (χ2n) is 3.53. The molecule has 1 aliphatic rings. The summed E-state index contributed by atoms with van der Waals surface area (Å²) in [4.78, 5) is 11.6. The van der Waals surface area contributed by atoms with Crippen LogP contribution >= 0.6 is 0 Å². The normalized spacial score (nSPS) is 22.7. The average molecular weight is 271 g/mol. The molecule has 1 heterocycles. The number of piperazine rings is 1. The highest BCUT2D eigenvalue weighted by Crippen LogP contribution is 2.16. The minimum Gasteiger partial charge on any atom is -0.355 e. The Hall–Kier alpha value is -0.800. The Morgan fingerprint density at radius 1 is 1.59 bits per heavy atom. The Labute approximate surface area is 98.4 Å². The van der Waals surface area contributed by atoms with Crippen LogP contribution in [-0.4, -0.2) is 56.6 Å². The number of likely N-dealkylation sites (N-methyl/N-ethyl adjacent to an activating group) is 1. The third-order valence-electron chi connectivity index (χ3n) is 2.40. The van der Waals surface area contributed by atoms with Gasteiger partial charge in [0.25, 0.3) is 10.0 Å². The molecule has 1 amide bonds. The third kappa shape index (κ3) is 3.11. The van der Waals surface area contributed by atoms with E-state index in [2.05, 4.69) is 10.6 Å². The zero-order valence-corrected chi connectivity index (χ0v) is 10.1. The molecule has 0 spiro atoms. The van der Waals surface area contributed by atoms with Crippen molar-refractivity contribution in [3.05, 3.63) is 0 Å². The number of nitrogens with zero attached hydrogens (tertiary/aromatic N) is 1. The molecule has 1 atom stereocenters. The molecule has 2 N–H and O–H groups in total. The van der Waals surface area contributed by atoms with Crippen molar-refractivity contribution < 1.29 is 22.0 Å². The lowest BCUT2D eigenvalue weighted by atomic mass is 10.2. The van der Waals surface area contributed by atoms with Gasteiger partial charge >= 0.3 is 5.76 Å². The summed E-state index contributed by atoms with van der Waals surface area (Å²) >= 11 is 0. The van der Waals surface area contributed by atoms with Gasteiger partial charge in [0.2, 0.25) is 5.91 Å². The molecule has 1 unspecified atom stereocenters. The van der Waals surface area contributed by atoms with Gasteiger partial charge in [0, 0.05) is 26.2 Å². The van der Waals surface area contributed by atoms with Crippen LogP contribution in [0.15, 0.2) is 0 Å². The predicted molar refractivity (Wildman–Crippen MR) is 57.0 cm³/mol. The van der Waals surface area contributed by atoms with E-state index in [1.165, 1.54) is 0 Å². The lowest BCUT2D eigenvalue weighted by Crippen LogP contribution is -2.60. The summed E-state index contributed by atoms with van der Waals surface area (Å²) in [6, 6.07) is -1.11. The maximum absolute atomic E-state index is 12.4. The number of rotatable bonds is 4. The summed E-state index contributed by atoms with van der Waals surface area (Å²) < 4.78 is 48.2. The lowest BCUT2D eigenvalue weighted by molar-refractivity contribution is -0.125. The first-order chi connectivity index (χ1) is 7.91. The number of alkyl halides is 2. The summed E-state index contributed by atoms with van der Waals surface area (Å²) in [6.07, 6.45) is 0. The Morgan fingerprint density at radius 2 is 2.24 bits per heavy atom. The molecule has 0 radical (unpaired) electrons. The fourth-order valence-corrected chi connectivity index (χ4v) is 2.68. The first-order valence-electron chi connectivity index (χ1n) is 5.18. The number of hydrogen-bond acceptors (Lipinski definition) is 4. The maximum Gasteiger partial charge on any atom is 0.350 e. The first-order valence-corrected chi connectivity index (χ1v) is 6.68. The molecule has 100 valence electrons. The number of halogens is 2. The van der Waals surface area contributed by atoms with Crippen LogP contribution in [0.3, 0.4) is 0 Å². The van der Waals surface area contributed by atoms with E-state index in [9.17, 15) is 22.0 Å². The Morgan fingerprint density at radius 3 is 2.76 bits per heavy atom. The van der Waals surface area contributed by atoms with Gasteiger partial charge in [-0.25, -0.2) is 8.42 Å². The van der Waals surface area contributed by atoms with Crippen LogP contribution in [-0.2, 0) is 14.8 Å². The second-order valence-corrected chi connectivity index (χ2v) is 5.39. The van der Waals surface area contributed by atoms with Gasteiger partial charge in [-0.05, 0) is 6.92 Å². The summed E-state index contributed by atoms with van der Waals surface area (Å²) in [5.74, 6) is -4.07. The molecule has 6 nitrogen and oxygen atoms in total. The van der Waals surface area contributed by atoms with E-state index in [0.29, 0.717) is 10.8 Å². The van der Waals surface area contributed by atoms with Gasteiger partial charge in [0.05, 0.1) is 0 Å². The van der Waals surface area contributed by atoms with Gasteiger partial charge in [0.1, 0.15) is 6.04 Å². The SMILES string of the molecule is CCNC(=O)C1CNCCN1S(=O)(=O)C(F)F. The summed E-state index contributed by atoms with van der Waals surface area (Å²) in [5, 5.41) is 5.23. The monoisotopic (exact) mass is 271 g/mol. The van der Waals surface area contributed by atoms with Gasteiger partial charge in [-0.15, -0.1) is 0 Å². The van der Waals surface area contributed by atoms with E-state index in [0.717, 1.165) is 0 Å². The summed E-state index contributed by atoms with van der Waals surface area (Å²) in [6.45, 7) is 2.14. The van der Waals surface area contributed by atoms with Gasteiger partial charge in [-0.2, -0.15) is 13.1 Å². The van der Waals surface area contributed by atoms with Gasteiger partial charge in [0.15, 0.2) is 0 Å². The fourth-order valence-electron chi connectivity index (χ4n) is 1.61. The smallest absolute Gasteiger partial charge is 0.350 e. The van der Waals surface area contributed by atoms with Crippen LogP contribution in [0.1, 0.15) is 6.92 Å². The standard InChI is InChI=1S/C8H15F2N3O3S/c1-2-12-7(14)6-5-11-3-4-13(6)17(15,16)8(9)10/h6,8,11H,2-5H2,1H3,(H,12,14). The van der Waals surface area contributed by atoms with Crippen molar-refractivity contribution >= 4 is 15.9 Å². The van der Waals surface area contributed by atoms with Crippen molar-refractivity contribution in [1.82, 2.24) is 14.9 Å². The van der Waals surface area contributed by atoms with Crippen molar-refractivity contribution in [3.8, 4) is 0 Å². The quantitative estimate of drug-likeness (QED) is 0.684. The van der Waals surface area contributed by atoms with Crippen molar-refractivity contribution in [3.63, 3.8) is 0 Å². The van der Waals surface area contributed by atoms with Crippen LogP contribution in [0.4, 0.5) is 8.78 Å². The van der Waals surface area contributed by atoms with Crippen molar-refractivity contribution in [1.29, 1.82) is 0 Å². The highest BCUT2D eigenvalue weighted by Gasteiger charge is 2.41. The molecule has 0 aromatic carbocycles. The molecule has 1 saturated heterocycles. The lowest BCUT2D eigenvalue weighted by Gasteiger charge is -2.33. The minimum atomic E-state index is -4.71. The van der Waals surface area contributed by atoms with Crippen LogP contribution in [0.2, 0.25) is 0 Å². The minimum absolute atomic E-state index is 0.0395. The van der Waals surface area contributed by atoms with Gasteiger partial charge < -0.3 is 10.6 Å². The highest BCUT2D eigenvalue weighted by molar-refractivity contribution is 7.89. The Balaban J connectivity index is 2.90. The van der Waals surface area contributed by atoms with Crippen molar-refractivity contribution in [2.45, 2.75) is 18.7 Å². The summed E-state index contributed by atoms with van der Waals surface area (Å²) in [5.41, 5.74) is 0. The molecular weight excluding hydrogens is 256 g/mol. The average Bonchev–Trinajstić information content (AvgIpc) is 2.29. The molecule has 0 saturated carbocycles.